The van der Waals surface area contributed by atoms with Crippen molar-refractivity contribution >= 4 is 11.8 Å². The zero-order valence-corrected chi connectivity index (χ0v) is 11.1. The summed E-state index contributed by atoms with van der Waals surface area (Å²) in [6, 6.07) is 0. The molecule has 2 aliphatic rings. The van der Waals surface area contributed by atoms with Gasteiger partial charge >= 0.3 is 0 Å². The number of hydrogen-bond acceptors (Lipinski definition) is 5. The Kier molecular flexibility index (Phi) is 3.13. The predicted octanol–water partition coefficient (Wildman–Crippen LogP) is 2.92. The fraction of sp³-hybridized carbons (Fsp3) is 0.833. The van der Waals surface area contributed by atoms with Crippen molar-refractivity contribution in [1.82, 2.24) is 10.1 Å². The van der Waals surface area contributed by atoms with E-state index in [-0.39, 0.29) is 5.25 Å². The molecule has 5 heteroatoms. The summed E-state index contributed by atoms with van der Waals surface area (Å²) < 4.78 is 10.9. The van der Waals surface area contributed by atoms with Crippen molar-refractivity contribution in [2.24, 2.45) is 0 Å². The van der Waals surface area contributed by atoms with Gasteiger partial charge in [0.05, 0.1) is 11.4 Å². The molecule has 1 aromatic heterocycles. The molecule has 0 aromatic carbocycles. The lowest BCUT2D eigenvalue weighted by Crippen LogP contribution is -2.14. The maximum Gasteiger partial charge on any atom is 0.239 e. The average Bonchev–Trinajstić information content (AvgIpc) is 2.91. The van der Waals surface area contributed by atoms with Gasteiger partial charge in [-0.05, 0) is 33.1 Å². The number of thioether (sulfide) groups is 1. The first-order valence-electron chi connectivity index (χ1n) is 6.34. The van der Waals surface area contributed by atoms with Crippen molar-refractivity contribution in [1.29, 1.82) is 0 Å². The Bertz CT molecular complexity index is 392. The Labute approximate surface area is 105 Å². The van der Waals surface area contributed by atoms with Gasteiger partial charge in [-0.1, -0.05) is 5.16 Å². The van der Waals surface area contributed by atoms with Crippen molar-refractivity contribution in [3.05, 3.63) is 11.7 Å². The van der Waals surface area contributed by atoms with Crippen LogP contribution in [0, 0.1) is 0 Å². The summed E-state index contributed by atoms with van der Waals surface area (Å²) >= 11 is 1.89. The molecule has 1 saturated heterocycles. The smallest absolute Gasteiger partial charge is 0.239 e. The normalized spacial score (nSPS) is 30.7. The molecule has 4 nitrogen and oxygen atoms in total. The lowest BCUT2D eigenvalue weighted by Gasteiger charge is -2.16. The van der Waals surface area contributed by atoms with Crippen LogP contribution in [0.15, 0.2) is 4.52 Å². The molecular formula is C12H18N2O2S. The fourth-order valence-corrected chi connectivity index (χ4v) is 3.40. The van der Waals surface area contributed by atoms with Crippen molar-refractivity contribution in [2.45, 2.75) is 55.6 Å². The molecule has 2 heterocycles. The average molecular weight is 254 g/mol. The largest absolute Gasteiger partial charge is 0.377 e. The number of ether oxygens (including phenoxy) is 1. The topological polar surface area (TPSA) is 48.2 Å². The minimum absolute atomic E-state index is 0.268. The quantitative estimate of drug-likeness (QED) is 0.826. The number of nitrogens with zero attached hydrogens (tertiary/aromatic N) is 2. The lowest BCUT2D eigenvalue weighted by atomic mass is 10.3. The van der Waals surface area contributed by atoms with Gasteiger partial charge in [0.2, 0.25) is 5.89 Å². The third kappa shape index (κ3) is 2.50. The molecule has 0 radical (unpaired) electrons. The van der Waals surface area contributed by atoms with E-state index >= 15 is 0 Å². The monoisotopic (exact) mass is 254 g/mol. The van der Waals surface area contributed by atoms with Gasteiger partial charge in [-0.25, -0.2) is 0 Å². The molecule has 0 N–H and O–H groups in total. The molecule has 0 spiro atoms. The highest BCUT2D eigenvalue weighted by Crippen LogP contribution is 2.41. The highest BCUT2D eigenvalue weighted by atomic mass is 32.2. The first-order valence-corrected chi connectivity index (χ1v) is 7.29. The highest BCUT2D eigenvalue weighted by molar-refractivity contribution is 8.00. The minimum atomic E-state index is 0.268. The summed E-state index contributed by atoms with van der Waals surface area (Å²) in [5, 5.41) is 4.89. The summed E-state index contributed by atoms with van der Waals surface area (Å²) in [5.74, 6) is 2.25. The standard InChI is InChI=1S/C12H18N2O2S/c1-7-10(5-6-15-7)17-8(2)12-13-11(14-16-12)9-3-4-9/h7-10H,3-6H2,1-2H3/t7-,8+,10-/m1/s1. The molecule has 3 rings (SSSR count). The van der Waals surface area contributed by atoms with E-state index in [9.17, 15) is 0 Å². The van der Waals surface area contributed by atoms with Crippen molar-refractivity contribution in [3.8, 4) is 0 Å². The van der Waals surface area contributed by atoms with Crippen LogP contribution in [0.4, 0.5) is 0 Å². The van der Waals surface area contributed by atoms with Crippen LogP contribution in [0.5, 0.6) is 0 Å². The van der Waals surface area contributed by atoms with Crippen LogP contribution in [0.2, 0.25) is 0 Å². The van der Waals surface area contributed by atoms with Crippen LogP contribution in [0.25, 0.3) is 0 Å². The summed E-state index contributed by atoms with van der Waals surface area (Å²) in [6.07, 6.45) is 3.90. The second kappa shape index (κ2) is 4.61. The van der Waals surface area contributed by atoms with Crippen molar-refractivity contribution in [3.63, 3.8) is 0 Å². The van der Waals surface area contributed by atoms with E-state index in [2.05, 4.69) is 24.0 Å². The van der Waals surface area contributed by atoms with Crippen LogP contribution in [0.1, 0.15) is 56.0 Å². The minimum Gasteiger partial charge on any atom is -0.377 e. The third-order valence-electron chi connectivity index (χ3n) is 3.43. The van der Waals surface area contributed by atoms with E-state index in [1.807, 2.05) is 11.8 Å². The van der Waals surface area contributed by atoms with Gasteiger partial charge in [0.1, 0.15) is 0 Å². The maximum atomic E-state index is 5.57. The molecule has 3 atom stereocenters. The third-order valence-corrected chi connectivity index (χ3v) is 5.01. The van der Waals surface area contributed by atoms with Gasteiger partial charge in [0, 0.05) is 17.8 Å². The van der Waals surface area contributed by atoms with E-state index in [1.54, 1.807) is 0 Å². The van der Waals surface area contributed by atoms with E-state index in [1.165, 1.54) is 12.8 Å². The molecule has 1 aliphatic heterocycles. The van der Waals surface area contributed by atoms with Crippen LogP contribution in [-0.4, -0.2) is 28.1 Å². The molecule has 1 saturated carbocycles. The zero-order valence-electron chi connectivity index (χ0n) is 10.3. The molecule has 0 bridgehead atoms. The van der Waals surface area contributed by atoms with E-state index in [0.29, 0.717) is 17.3 Å². The molecule has 94 valence electrons. The van der Waals surface area contributed by atoms with Crippen molar-refractivity contribution < 1.29 is 9.26 Å². The van der Waals surface area contributed by atoms with Crippen LogP contribution < -0.4 is 0 Å². The van der Waals surface area contributed by atoms with E-state index in [0.717, 1.165) is 24.7 Å². The Morgan fingerprint density at radius 1 is 1.35 bits per heavy atom. The first kappa shape index (κ1) is 11.5. The highest BCUT2D eigenvalue weighted by Gasteiger charge is 2.32. The molecule has 17 heavy (non-hydrogen) atoms. The number of aromatic nitrogens is 2. The van der Waals surface area contributed by atoms with Crippen LogP contribution in [-0.2, 0) is 4.74 Å². The van der Waals surface area contributed by atoms with Crippen LogP contribution in [0.3, 0.4) is 0 Å². The second-order valence-corrected chi connectivity index (χ2v) is 6.53. The summed E-state index contributed by atoms with van der Waals surface area (Å²) in [5.41, 5.74) is 0. The SMILES string of the molecule is C[C@H](S[C@@H]1CCO[C@@H]1C)c1nc(C2CC2)no1. The predicted molar refractivity (Wildman–Crippen MR) is 66.1 cm³/mol. The zero-order chi connectivity index (χ0) is 11.8. The second-order valence-electron chi connectivity index (χ2n) is 4.95. The Hall–Kier alpha value is -0.550. The summed E-state index contributed by atoms with van der Waals surface area (Å²) in [4.78, 5) is 4.50. The van der Waals surface area contributed by atoms with Gasteiger partial charge in [-0.2, -0.15) is 4.98 Å². The Morgan fingerprint density at radius 3 is 2.82 bits per heavy atom. The van der Waals surface area contributed by atoms with Gasteiger partial charge in [-0.15, -0.1) is 11.8 Å². The summed E-state index contributed by atoms with van der Waals surface area (Å²) in [6.45, 7) is 5.16. The van der Waals surface area contributed by atoms with Crippen molar-refractivity contribution in [2.75, 3.05) is 6.61 Å². The summed E-state index contributed by atoms with van der Waals surface area (Å²) in [7, 11) is 0. The molecule has 2 fully saturated rings. The van der Waals surface area contributed by atoms with Gasteiger partial charge in [0.25, 0.3) is 0 Å². The molecule has 0 amide bonds. The lowest BCUT2D eigenvalue weighted by molar-refractivity contribution is 0.127. The number of hydrogen-bond donors (Lipinski definition) is 0. The van der Waals surface area contributed by atoms with E-state index in [4.69, 9.17) is 9.26 Å². The Morgan fingerprint density at radius 2 is 2.18 bits per heavy atom. The van der Waals surface area contributed by atoms with Gasteiger partial charge < -0.3 is 9.26 Å². The van der Waals surface area contributed by atoms with Gasteiger partial charge in [0.15, 0.2) is 5.82 Å². The molecule has 1 aliphatic carbocycles. The Balaban J connectivity index is 1.62. The van der Waals surface area contributed by atoms with Crippen LogP contribution >= 0.6 is 11.8 Å². The molecular weight excluding hydrogens is 236 g/mol. The van der Waals surface area contributed by atoms with E-state index < -0.39 is 0 Å². The van der Waals surface area contributed by atoms with Gasteiger partial charge in [-0.3, -0.25) is 0 Å². The maximum absolute atomic E-state index is 5.57. The molecule has 0 unspecified atom stereocenters. The number of rotatable bonds is 4. The fourth-order valence-electron chi connectivity index (χ4n) is 2.13. The molecule has 1 aromatic rings. The first-order chi connectivity index (χ1) is 8.24.